The predicted molar refractivity (Wildman–Crippen MR) is 120 cm³/mol. The monoisotopic (exact) mass is 421 g/mol. The van der Waals surface area contributed by atoms with Gasteiger partial charge in [-0.2, -0.15) is 0 Å². The zero-order chi connectivity index (χ0) is 22.0. The van der Waals surface area contributed by atoms with Crippen molar-refractivity contribution >= 4 is 23.3 Å². The zero-order valence-corrected chi connectivity index (χ0v) is 20.3. The number of carbonyl (C=O) groups is 2. The first kappa shape index (κ1) is 23.8. The van der Waals surface area contributed by atoms with Crippen LogP contribution < -0.4 is 9.99 Å². The fourth-order valence-electron chi connectivity index (χ4n) is 4.19. The molecule has 5 nitrogen and oxygen atoms in total. The summed E-state index contributed by atoms with van der Waals surface area (Å²) in [5.74, 6) is -0.191. The second-order valence-electron chi connectivity index (χ2n) is 10.1. The van der Waals surface area contributed by atoms with Crippen molar-refractivity contribution in [2.75, 3.05) is 6.54 Å². The molecule has 0 saturated heterocycles. The van der Waals surface area contributed by atoms with Crippen LogP contribution in [0.5, 0.6) is 0 Å². The summed E-state index contributed by atoms with van der Waals surface area (Å²) in [6.07, 6.45) is 6.71. The molecule has 1 aromatic rings. The molecule has 1 aliphatic rings. The maximum atomic E-state index is 13.5. The third kappa shape index (κ3) is 4.68. The number of carbonyl (C=O) groups excluding carboxylic acids is 2. The van der Waals surface area contributed by atoms with Crippen molar-refractivity contribution in [2.45, 2.75) is 93.0 Å². The Bertz CT molecular complexity index is 813. The number of aromatic nitrogens is 1. The van der Waals surface area contributed by atoms with Crippen LogP contribution in [0.2, 0.25) is 0 Å². The molecule has 2 unspecified atom stereocenters. The Morgan fingerprint density at radius 2 is 1.93 bits per heavy atom. The predicted octanol–water partition coefficient (Wildman–Crippen LogP) is 4.65. The molecule has 0 bridgehead atoms. The second-order valence-corrected chi connectivity index (χ2v) is 11.1. The third-order valence-electron chi connectivity index (χ3n) is 6.76. The van der Waals surface area contributed by atoms with E-state index in [4.69, 9.17) is 0 Å². The average molecular weight is 422 g/mol. The Morgan fingerprint density at radius 3 is 2.48 bits per heavy atom. The van der Waals surface area contributed by atoms with E-state index in [0.717, 1.165) is 35.9 Å². The lowest BCUT2D eigenvalue weighted by atomic mass is 9.65. The molecule has 0 spiro atoms. The Kier molecular flexibility index (Phi) is 7.19. The van der Waals surface area contributed by atoms with Crippen molar-refractivity contribution in [3.05, 3.63) is 16.4 Å². The molecular weight excluding hydrogens is 382 g/mol. The minimum atomic E-state index is -0.638. The first-order valence-corrected chi connectivity index (χ1v) is 11.7. The van der Waals surface area contributed by atoms with E-state index in [1.807, 2.05) is 13.8 Å². The highest BCUT2D eigenvalue weighted by Gasteiger charge is 2.57. The van der Waals surface area contributed by atoms with Gasteiger partial charge >= 0.3 is 0 Å². The average Bonchev–Trinajstić information content (AvgIpc) is 3.12. The summed E-state index contributed by atoms with van der Waals surface area (Å²) >= 11 is 1.57. The number of hydrogen-bond acceptors (Lipinski definition) is 3. The third-order valence-corrected chi connectivity index (χ3v) is 8.14. The van der Waals surface area contributed by atoms with Gasteiger partial charge in [0.2, 0.25) is 5.91 Å². The van der Waals surface area contributed by atoms with E-state index in [1.165, 1.54) is 0 Å². The van der Waals surface area contributed by atoms with Crippen LogP contribution in [0.15, 0.2) is 11.2 Å². The van der Waals surface area contributed by atoms with Gasteiger partial charge in [-0.15, -0.1) is 0 Å². The van der Waals surface area contributed by atoms with Crippen LogP contribution in [0, 0.1) is 16.7 Å². The SMILES string of the molecule is CCCCc1cn(C(C)(C)C)sc1=NC(=O)C1(C)CCC(C(=O)NCC)C1(C)C. The van der Waals surface area contributed by atoms with E-state index in [1.54, 1.807) is 11.5 Å². The number of hydrogen-bond donors (Lipinski definition) is 1. The number of nitrogens with one attached hydrogen (secondary N) is 1. The van der Waals surface area contributed by atoms with E-state index in [2.05, 4.69) is 62.0 Å². The van der Waals surface area contributed by atoms with Gasteiger partial charge in [0.15, 0.2) is 0 Å². The molecule has 0 radical (unpaired) electrons. The summed E-state index contributed by atoms with van der Waals surface area (Å²) in [6, 6.07) is 0. The van der Waals surface area contributed by atoms with E-state index in [0.29, 0.717) is 13.0 Å². The van der Waals surface area contributed by atoms with Gasteiger partial charge in [0, 0.05) is 29.8 Å². The van der Waals surface area contributed by atoms with Gasteiger partial charge in [-0.1, -0.05) is 34.1 Å². The highest BCUT2D eigenvalue weighted by atomic mass is 32.1. The van der Waals surface area contributed by atoms with Crippen molar-refractivity contribution in [1.29, 1.82) is 0 Å². The van der Waals surface area contributed by atoms with Crippen LogP contribution in [0.3, 0.4) is 0 Å². The van der Waals surface area contributed by atoms with Crippen molar-refractivity contribution in [3.63, 3.8) is 0 Å². The van der Waals surface area contributed by atoms with Crippen LogP contribution in [-0.2, 0) is 21.5 Å². The lowest BCUT2D eigenvalue weighted by Crippen LogP contribution is -2.45. The molecular formula is C23H39N3O2S. The van der Waals surface area contributed by atoms with Crippen LogP contribution >= 0.6 is 11.5 Å². The van der Waals surface area contributed by atoms with E-state index in [9.17, 15) is 9.59 Å². The molecule has 0 aromatic carbocycles. The number of amides is 2. The second kappa shape index (κ2) is 8.75. The molecule has 1 fully saturated rings. The number of unbranched alkanes of at least 4 members (excludes halogenated alkanes) is 1. The van der Waals surface area contributed by atoms with Gasteiger partial charge < -0.3 is 5.32 Å². The van der Waals surface area contributed by atoms with Crippen molar-refractivity contribution < 1.29 is 9.59 Å². The maximum Gasteiger partial charge on any atom is 0.253 e. The molecule has 1 N–H and O–H groups in total. The minimum Gasteiger partial charge on any atom is -0.356 e. The van der Waals surface area contributed by atoms with Gasteiger partial charge in [0.1, 0.15) is 4.67 Å². The highest BCUT2D eigenvalue weighted by Crippen LogP contribution is 2.56. The molecule has 1 heterocycles. The van der Waals surface area contributed by atoms with Crippen LogP contribution in [0.4, 0.5) is 0 Å². The summed E-state index contributed by atoms with van der Waals surface area (Å²) < 4.78 is 3.03. The first-order chi connectivity index (χ1) is 13.4. The van der Waals surface area contributed by atoms with Crippen LogP contribution in [-0.4, -0.2) is 22.3 Å². The van der Waals surface area contributed by atoms with Crippen molar-refractivity contribution in [2.24, 2.45) is 21.7 Å². The molecule has 2 rings (SSSR count). The Balaban J connectivity index is 2.43. The molecule has 0 aliphatic heterocycles. The largest absolute Gasteiger partial charge is 0.356 e. The summed E-state index contributed by atoms with van der Waals surface area (Å²) in [5.41, 5.74) is 0.0388. The molecule has 29 heavy (non-hydrogen) atoms. The minimum absolute atomic E-state index is 0.0394. The van der Waals surface area contributed by atoms with Crippen LogP contribution in [0.1, 0.15) is 86.6 Å². The topological polar surface area (TPSA) is 63.5 Å². The maximum absolute atomic E-state index is 13.5. The van der Waals surface area contributed by atoms with E-state index >= 15 is 0 Å². The van der Waals surface area contributed by atoms with Gasteiger partial charge in [0.05, 0.1) is 5.41 Å². The molecule has 1 saturated carbocycles. The molecule has 2 atom stereocenters. The summed E-state index contributed by atoms with van der Waals surface area (Å²) in [5, 5.41) is 2.94. The van der Waals surface area contributed by atoms with Crippen molar-refractivity contribution in [1.82, 2.24) is 9.27 Å². The van der Waals surface area contributed by atoms with Gasteiger partial charge in [-0.3, -0.25) is 13.5 Å². The smallest absolute Gasteiger partial charge is 0.253 e. The Hall–Kier alpha value is -1.43. The summed E-state index contributed by atoms with van der Waals surface area (Å²) in [4.78, 5) is 30.7. The van der Waals surface area contributed by atoms with Crippen LogP contribution in [0.25, 0.3) is 0 Å². The molecule has 1 aromatic heterocycles. The Labute approximate surface area is 180 Å². The van der Waals surface area contributed by atoms with E-state index in [-0.39, 0.29) is 23.3 Å². The Morgan fingerprint density at radius 1 is 1.28 bits per heavy atom. The number of aryl methyl sites for hydroxylation is 1. The highest BCUT2D eigenvalue weighted by molar-refractivity contribution is 7.04. The van der Waals surface area contributed by atoms with Gasteiger partial charge in [-0.05, 0) is 70.3 Å². The zero-order valence-electron chi connectivity index (χ0n) is 19.5. The van der Waals surface area contributed by atoms with Gasteiger partial charge in [-0.25, -0.2) is 4.99 Å². The lowest BCUT2D eigenvalue weighted by molar-refractivity contribution is -0.136. The normalized spacial score (nSPS) is 24.7. The van der Waals surface area contributed by atoms with Gasteiger partial charge in [0.25, 0.3) is 5.91 Å². The number of nitrogens with zero attached hydrogens (tertiary/aromatic N) is 2. The fourth-order valence-corrected chi connectivity index (χ4v) is 5.23. The van der Waals surface area contributed by atoms with E-state index < -0.39 is 10.8 Å². The fraction of sp³-hybridized carbons (Fsp3) is 0.783. The molecule has 1 aliphatic carbocycles. The summed E-state index contributed by atoms with van der Waals surface area (Å²) in [6.45, 7) is 17.3. The quantitative estimate of drug-likeness (QED) is 0.726. The lowest BCUT2D eigenvalue weighted by Gasteiger charge is -2.38. The standard InChI is InChI=1S/C23H39N3O2S/c1-9-11-12-16-15-26(21(3,4)5)29-19(16)25-20(28)23(8)14-13-17(22(23,6)7)18(27)24-10-2/h15,17H,9-14H2,1-8H3,(H,24,27). The molecule has 164 valence electrons. The molecule has 6 heteroatoms. The van der Waals surface area contributed by atoms with Crippen molar-refractivity contribution in [3.8, 4) is 0 Å². The first-order valence-electron chi connectivity index (χ1n) is 11.0. The summed E-state index contributed by atoms with van der Waals surface area (Å²) in [7, 11) is 0. The molecule has 2 amide bonds. The number of rotatable bonds is 6.